The zero-order chi connectivity index (χ0) is 12.0. The van der Waals surface area contributed by atoms with Crippen molar-refractivity contribution in [3.63, 3.8) is 0 Å². The van der Waals surface area contributed by atoms with Gasteiger partial charge in [0.15, 0.2) is 0 Å². The lowest BCUT2D eigenvalue weighted by Crippen LogP contribution is -2.24. The molecule has 0 radical (unpaired) electrons. The lowest BCUT2D eigenvalue weighted by atomic mass is 9.72. The van der Waals surface area contributed by atoms with Gasteiger partial charge in [0.05, 0.1) is 0 Å². The van der Waals surface area contributed by atoms with Crippen LogP contribution in [0.2, 0.25) is 0 Å². The average molecular weight is 208 g/mol. The first kappa shape index (κ1) is 12.8. The average Bonchev–Trinajstić information content (AvgIpc) is 2.26. The van der Waals surface area contributed by atoms with Gasteiger partial charge in [-0.15, -0.1) is 0 Å². The molecule has 0 saturated carbocycles. The summed E-state index contributed by atoms with van der Waals surface area (Å²) in [7, 11) is 0. The second-order valence-corrected chi connectivity index (χ2v) is 7.44. The van der Waals surface area contributed by atoms with Gasteiger partial charge in [-0.1, -0.05) is 52.7 Å². The molecule has 1 aliphatic carbocycles. The second-order valence-electron chi connectivity index (χ2n) is 7.44. The minimum Gasteiger partial charge on any atom is -0.0704 e. The molecule has 0 saturated heterocycles. The lowest BCUT2D eigenvalue weighted by Gasteiger charge is -2.32. The second kappa shape index (κ2) is 3.64. The first-order chi connectivity index (χ1) is 6.55. The predicted octanol–water partition coefficient (Wildman–Crippen LogP) is 5.05. The number of rotatable bonds is 0. The Bertz CT molecular complexity index is 239. The Morgan fingerprint density at radius 1 is 0.733 bits per heavy atom. The van der Waals surface area contributed by atoms with Crippen LogP contribution in [0.5, 0.6) is 0 Å². The maximum Gasteiger partial charge on any atom is -0.0149 e. The van der Waals surface area contributed by atoms with E-state index in [9.17, 15) is 0 Å². The van der Waals surface area contributed by atoms with Crippen LogP contribution in [-0.2, 0) is 0 Å². The summed E-state index contributed by atoms with van der Waals surface area (Å²) in [6.07, 6.45) is 1.35. The summed E-state index contributed by atoms with van der Waals surface area (Å²) in [6.45, 7) is 18.9. The molecule has 0 heteroatoms. The molecular formula is C15H28. The molecule has 0 aliphatic heterocycles. The molecule has 0 aromatic heterocycles. The van der Waals surface area contributed by atoms with Crippen LogP contribution in [-0.4, -0.2) is 0 Å². The summed E-state index contributed by atoms with van der Waals surface area (Å²) in [5.41, 5.74) is 4.15. The third kappa shape index (κ3) is 2.46. The van der Waals surface area contributed by atoms with Crippen molar-refractivity contribution in [2.45, 2.75) is 61.8 Å². The van der Waals surface area contributed by atoms with Crippen LogP contribution in [0, 0.1) is 22.7 Å². The summed E-state index contributed by atoms with van der Waals surface area (Å²) in [4.78, 5) is 0. The van der Waals surface area contributed by atoms with Crippen molar-refractivity contribution in [1.29, 1.82) is 0 Å². The fraction of sp³-hybridized carbons (Fsp3) is 0.867. The topological polar surface area (TPSA) is 0 Å². The summed E-state index contributed by atoms with van der Waals surface area (Å²) in [6, 6.07) is 0. The fourth-order valence-corrected chi connectivity index (χ4v) is 3.15. The Morgan fingerprint density at radius 2 is 1.00 bits per heavy atom. The zero-order valence-electron chi connectivity index (χ0n) is 11.9. The third-order valence-corrected chi connectivity index (χ3v) is 4.23. The van der Waals surface area contributed by atoms with Gasteiger partial charge in [-0.3, -0.25) is 0 Å². The maximum absolute atomic E-state index is 2.37. The van der Waals surface area contributed by atoms with E-state index in [1.807, 2.05) is 0 Å². The lowest BCUT2D eigenvalue weighted by molar-refractivity contribution is 0.205. The Labute approximate surface area is 96.2 Å². The predicted molar refractivity (Wildman–Crippen MR) is 68.9 cm³/mol. The Kier molecular flexibility index (Phi) is 3.11. The molecule has 0 fully saturated rings. The van der Waals surface area contributed by atoms with Crippen molar-refractivity contribution in [3.05, 3.63) is 11.1 Å². The fourth-order valence-electron chi connectivity index (χ4n) is 3.15. The van der Waals surface area contributed by atoms with Crippen molar-refractivity contribution < 1.29 is 0 Å². The highest BCUT2D eigenvalue weighted by molar-refractivity contribution is 5.25. The van der Waals surface area contributed by atoms with E-state index in [0.29, 0.717) is 10.8 Å². The highest BCUT2D eigenvalue weighted by Gasteiger charge is 2.40. The smallest absolute Gasteiger partial charge is 0.0149 e. The van der Waals surface area contributed by atoms with Gasteiger partial charge in [0.2, 0.25) is 0 Å². The van der Waals surface area contributed by atoms with Crippen LogP contribution >= 0.6 is 0 Å². The van der Waals surface area contributed by atoms with Crippen molar-refractivity contribution in [1.82, 2.24) is 0 Å². The molecule has 15 heavy (non-hydrogen) atoms. The molecule has 2 atom stereocenters. The van der Waals surface area contributed by atoms with Gasteiger partial charge >= 0.3 is 0 Å². The summed E-state index contributed by atoms with van der Waals surface area (Å²) < 4.78 is 0. The molecule has 2 unspecified atom stereocenters. The standard InChI is InChI=1S/C15H28/c1-10-11(2)13(15(6,7)8)9-12(10)14(3,4)5/h12-13H,9H2,1-8H3. The van der Waals surface area contributed by atoms with Crippen LogP contribution in [0.1, 0.15) is 61.8 Å². The SMILES string of the molecule is CC1=C(C)C(C(C)(C)C)CC1C(C)(C)C. The number of hydrogen-bond donors (Lipinski definition) is 0. The largest absolute Gasteiger partial charge is 0.0704 e. The summed E-state index contributed by atoms with van der Waals surface area (Å²) >= 11 is 0. The summed E-state index contributed by atoms with van der Waals surface area (Å²) in [5, 5.41) is 0. The Hall–Kier alpha value is -0.260. The Balaban J connectivity index is 2.99. The molecule has 88 valence electrons. The van der Waals surface area contributed by atoms with Crippen molar-refractivity contribution >= 4 is 0 Å². The maximum atomic E-state index is 2.37. The monoisotopic (exact) mass is 208 g/mol. The van der Waals surface area contributed by atoms with Gasteiger partial charge in [0.1, 0.15) is 0 Å². The van der Waals surface area contributed by atoms with Crippen LogP contribution in [0.4, 0.5) is 0 Å². The van der Waals surface area contributed by atoms with Gasteiger partial charge in [-0.05, 0) is 42.9 Å². The van der Waals surface area contributed by atoms with Crippen LogP contribution in [0.25, 0.3) is 0 Å². The quantitative estimate of drug-likeness (QED) is 0.489. The summed E-state index contributed by atoms with van der Waals surface area (Å²) in [5.74, 6) is 1.56. The van der Waals surface area contributed by atoms with Gasteiger partial charge in [0.25, 0.3) is 0 Å². The van der Waals surface area contributed by atoms with Crippen LogP contribution in [0.3, 0.4) is 0 Å². The zero-order valence-corrected chi connectivity index (χ0v) is 11.9. The molecular weight excluding hydrogens is 180 g/mol. The molecule has 0 bridgehead atoms. The van der Waals surface area contributed by atoms with Gasteiger partial charge in [0, 0.05) is 0 Å². The van der Waals surface area contributed by atoms with Gasteiger partial charge in [-0.2, -0.15) is 0 Å². The van der Waals surface area contributed by atoms with Crippen LogP contribution in [0.15, 0.2) is 11.1 Å². The minimum absolute atomic E-state index is 0.422. The molecule has 0 aromatic carbocycles. The third-order valence-electron chi connectivity index (χ3n) is 4.23. The minimum atomic E-state index is 0.422. The van der Waals surface area contributed by atoms with E-state index in [2.05, 4.69) is 55.4 Å². The van der Waals surface area contributed by atoms with E-state index in [0.717, 1.165) is 11.8 Å². The molecule has 0 N–H and O–H groups in total. The van der Waals surface area contributed by atoms with E-state index in [-0.39, 0.29) is 0 Å². The van der Waals surface area contributed by atoms with Crippen LogP contribution < -0.4 is 0 Å². The molecule has 0 amide bonds. The molecule has 1 aliphatic rings. The van der Waals surface area contributed by atoms with Crippen molar-refractivity contribution in [2.75, 3.05) is 0 Å². The molecule has 0 nitrogen and oxygen atoms in total. The number of hydrogen-bond acceptors (Lipinski definition) is 0. The first-order valence-corrected chi connectivity index (χ1v) is 6.22. The van der Waals surface area contributed by atoms with E-state index in [4.69, 9.17) is 0 Å². The first-order valence-electron chi connectivity index (χ1n) is 6.22. The molecule has 0 aromatic rings. The Morgan fingerprint density at radius 3 is 1.13 bits per heavy atom. The highest BCUT2D eigenvalue weighted by Crippen LogP contribution is 2.51. The van der Waals surface area contributed by atoms with Crippen molar-refractivity contribution in [2.24, 2.45) is 22.7 Å². The van der Waals surface area contributed by atoms with E-state index >= 15 is 0 Å². The van der Waals surface area contributed by atoms with Gasteiger partial charge < -0.3 is 0 Å². The van der Waals surface area contributed by atoms with E-state index in [1.165, 1.54) is 6.42 Å². The number of allylic oxidation sites excluding steroid dienone is 2. The molecule has 0 heterocycles. The molecule has 1 rings (SSSR count). The normalized spacial score (nSPS) is 28.8. The van der Waals surface area contributed by atoms with Gasteiger partial charge in [-0.25, -0.2) is 0 Å². The molecule has 0 spiro atoms. The van der Waals surface area contributed by atoms with E-state index < -0.39 is 0 Å². The highest BCUT2D eigenvalue weighted by atomic mass is 14.4. The van der Waals surface area contributed by atoms with Crippen molar-refractivity contribution in [3.8, 4) is 0 Å². The van der Waals surface area contributed by atoms with E-state index in [1.54, 1.807) is 11.1 Å².